The quantitative estimate of drug-likeness (QED) is 0.152. The fourth-order valence-corrected chi connectivity index (χ4v) is 10.9. The molecule has 342 valence electrons. The van der Waals surface area contributed by atoms with E-state index >= 15 is 0 Å². The lowest BCUT2D eigenvalue weighted by molar-refractivity contribution is 0.346. The van der Waals surface area contributed by atoms with Crippen LogP contribution < -0.4 is 0 Å². The molecule has 2 aliphatic carbocycles. The average Bonchev–Trinajstić information content (AvgIpc) is 3.44. The van der Waals surface area contributed by atoms with Crippen LogP contribution in [0.4, 0.5) is 0 Å². The molecule has 0 atom stereocenters. The van der Waals surface area contributed by atoms with Crippen LogP contribution in [-0.4, -0.2) is 19.9 Å². The van der Waals surface area contributed by atoms with Crippen molar-refractivity contribution in [1.29, 1.82) is 0 Å². The molecular formula is C67H54N4. The van der Waals surface area contributed by atoms with E-state index in [2.05, 4.69) is 231 Å². The molecule has 0 bridgehead atoms. The van der Waals surface area contributed by atoms with E-state index in [-0.39, 0.29) is 5.41 Å². The third-order valence-electron chi connectivity index (χ3n) is 14.7. The number of aromatic nitrogens is 4. The molecule has 2 aromatic heterocycles. The number of hydrogen-bond acceptors (Lipinski definition) is 4. The molecule has 0 N–H and O–H groups in total. The van der Waals surface area contributed by atoms with Crippen LogP contribution in [0.25, 0.3) is 95.4 Å². The Bertz CT molecular complexity index is 3690. The Labute approximate surface area is 416 Å². The van der Waals surface area contributed by atoms with Gasteiger partial charge in [-0.05, 0) is 113 Å². The van der Waals surface area contributed by atoms with E-state index in [4.69, 9.17) is 19.9 Å². The van der Waals surface area contributed by atoms with Crippen LogP contribution >= 0.6 is 0 Å². The molecule has 4 nitrogen and oxygen atoms in total. The van der Waals surface area contributed by atoms with Crippen LogP contribution in [0.2, 0.25) is 0 Å². The second-order valence-corrected chi connectivity index (χ2v) is 19.3. The van der Waals surface area contributed by atoms with E-state index in [0.29, 0.717) is 5.82 Å². The summed E-state index contributed by atoms with van der Waals surface area (Å²) in [6.07, 6.45) is 12.5. The minimum atomic E-state index is -0.124. The Kier molecular flexibility index (Phi) is 11.9. The maximum atomic E-state index is 5.30. The molecule has 0 aliphatic heterocycles. The van der Waals surface area contributed by atoms with Crippen LogP contribution in [0.5, 0.6) is 0 Å². The van der Waals surface area contributed by atoms with E-state index < -0.39 is 0 Å². The van der Waals surface area contributed by atoms with Gasteiger partial charge >= 0.3 is 0 Å². The van der Waals surface area contributed by atoms with E-state index in [1.54, 1.807) is 0 Å². The number of aryl methyl sites for hydroxylation is 2. The lowest BCUT2D eigenvalue weighted by Gasteiger charge is -2.39. The molecule has 10 aromatic rings. The highest BCUT2D eigenvalue weighted by Gasteiger charge is 2.36. The normalized spacial score (nSPS) is 13.9. The molecule has 1 saturated carbocycles. The average molecular weight is 915 g/mol. The summed E-state index contributed by atoms with van der Waals surface area (Å²) >= 11 is 0. The number of allylic oxidation sites excluding steroid dienone is 1. The number of nitrogens with zero attached hydrogens (tertiary/aromatic N) is 4. The van der Waals surface area contributed by atoms with Gasteiger partial charge in [0.05, 0.1) is 22.8 Å². The molecule has 4 heteroatoms. The zero-order valence-corrected chi connectivity index (χ0v) is 40.1. The lowest BCUT2D eigenvalue weighted by atomic mass is 9.65. The fourth-order valence-electron chi connectivity index (χ4n) is 10.9. The maximum absolute atomic E-state index is 5.30. The smallest absolute Gasteiger partial charge is 0.160 e. The summed E-state index contributed by atoms with van der Waals surface area (Å²) in [7, 11) is 0. The first-order valence-electron chi connectivity index (χ1n) is 25.2. The van der Waals surface area contributed by atoms with Crippen molar-refractivity contribution >= 4 is 27.6 Å². The van der Waals surface area contributed by atoms with Crippen LogP contribution in [-0.2, 0) is 11.8 Å². The highest BCUT2D eigenvalue weighted by molar-refractivity contribution is 5.89. The van der Waals surface area contributed by atoms with Crippen molar-refractivity contribution < 1.29 is 0 Å². The van der Waals surface area contributed by atoms with Crippen molar-refractivity contribution in [2.45, 2.75) is 57.3 Å². The van der Waals surface area contributed by atoms with Crippen LogP contribution in [0, 0.1) is 6.92 Å². The molecular weight excluding hydrogens is 861 g/mol. The summed E-state index contributed by atoms with van der Waals surface area (Å²) < 4.78 is 0. The van der Waals surface area contributed by atoms with Crippen molar-refractivity contribution in [3.05, 3.63) is 246 Å². The Balaban J connectivity index is 0.916. The number of fused-ring (bicyclic) bond motifs is 3. The van der Waals surface area contributed by atoms with E-state index in [1.807, 2.05) is 0 Å². The van der Waals surface area contributed by atoms with Gasteiger partial charge in [0, 0.05) is 38.8 Å². The monoisotopic (exact) mass is 914 g/mol. The fraction of sp³-hybridized carbons (Fsp3) is 0.134. The first-order chi connectivity index (χ1) is 35.0. The van der Waals surface area contributed by atoms with Gasteiger partial charge in [-0.1, -0.05) is 213 Å². The summed E-state index contributed by atoms with van der Waals surface area (Å²) in [5.41, 5.74) is 16.3. The van der Waals surface area contributed by atoms with Gasteiger partial charge in [0.2, 0.25) is 0 Å². The second-order valence-electron chi connectivity index (χ2n) is 19.3. The Hall–Kier alpha value is -8.34. The highest BCUT2D eigenvalue weighted by Crippen LogP contribution is 2.46. The second kappa shape index (κ2) is 19.2. The third kappa shape index (κ3) is 9.06. The first kappa shape index (κ1) is 43.9. The molecule has 0 radical (unpaired) electrons. The summed E-state index contributed by atoms with van der Waals surface area (Å²) in [6, 6.07) is 76.5. The zero-order valence-electron chi connectivity index (χ0n) is 40.1. The highest BCUT2D eigenvalue weighted by atomic mass is 14.9. The molecule has 0 unspecified atom stereocenters. The van der Waals surface area contributed by atoms with Crippen molar-refractivity contribution in [1.82, 2.24) is 19.9 Å². The molecule has 0 spiro atoms. The minimum absolute atomic E-state index is 0.124. The van der Waals surface area contributed by atoms with E-state index in [1.165, 1.54) is 63.1 Å². The molecule has 12 rings (SSSR count). The van der Waals surface area contributed by atoms with Gasteiger partial charge in [0.15, 0.2) is 11.6 Å². The van der Waals surface area contributed by atoms with Gasteiger partial charge in [0.25, 0.3) is 0 Å². The van der Waals surface area contributed by atoms with Crippen LogP contribution in [0.1, 0.15) is 66.3 Å². The zero-order chi connectivity index (χ0) is 47.6. The SMILES string of the molecule is Cc1cccccccc(-c2cc(-c3ccc4ccccc4c3)nc(-c3ccc(C4(c5ccc(-c6nc(-c7ccc8c(c7)C=CCC8)cc(-c7ccc8ccccc8c7)n6)cc5)CCCCC4)cc3)n2)c1. The van der Waals surface area contributed by atoms with Gasteiger partial charge in [-0.25, -0.2) is 19.9 Å². The lowest BCUT2D eigenvalue weighted by Crippen LogP contribution is -2.30. The predicted molar refractivity (Wildman–Crippen MR) is 295 cm³/mol. The van der Waals surface area contributed by atoms with Crippen molar-refractivity contribution in [3.8, 4) is 67.8 Å². The van der Waals surface area contributed by atoms with Gasteiger partial charge in [-0.3, -0.25) is 0 Å². The van der Waals surface area contributed by atoms with Gasteiger partial charge in [0.1, 0.15) is 0 Å². The Morgan fingerprint density at radius 1 is 0.366 bits per heavy atom. The Morgan fingerprint density at radius 3 is 1.38 bits per heavy atom. The van der Waals surface area contributed by atoms with Gasteiger partial charge in [-0.2, -0.15) is 0 Å². The Morgan fingerprint density at radius 2 is 0.817 bits per heavy atom. The topological polar surface area (TPSA) is 51.6 Å². The van der Waals surface area contributed by atoms with E-state index in [9.17, 15) is 0 Å². The largest absolute Gasteiger partial charge is 0.228 e. The molecule has 2 aliphatic rings. The van der Waals surface area contributed by atoms with Crippen molar-refractivity contribution in [3.63, 3.8) is 0 Å². The maximum Gasteiger partial charge on any atom is 0.160 e. The summed E-state index contributed by atoms with van der Waals surface area (Å²) in [5, 5.41) is 4.80. The summed E-state index contributed by atoms with van der Waals surface area (Å²) in [5.74, 6) is 1.44. The third-order valence-corrected chi connectivity index (χ3v) is 14.7. The van der Waals surface area contributed by atoms with Gasteiger partial charge in [-0.15, -0.1) is 0 Å². The summed E-state index contributed by atoms with van der Waals surface area (Å²) in [4.78, 5) is 21.2. The molecule has 1 fully saturated rings. The summed E-state index contributed by atoms with van der Waals surface area (Å²) in [6.45, 7) is 2.13. The number of benzene rings is 7. The molecule has 0 saturated heterocycles. The van der Waals surface area contributed by atoms with E-state index in [0.717, 1.165) is 93.2 Å². The van der Waals surface area contributed by atoms with Crippen molar-refractivity contribution in [2.75, 3.05) is 0 Å². The van der Waals surface area contributed by atoms with Crippen LogP contribution in [0.3, 0.4) is 0 Å². The minimum Gasteiger partial charge on any atom is -0.228 e. The van der Waals surface area contributed by atoms with Crippen molar-refractivity contribution in [2.24, 2.45) is 0 Å². The molecule has 0 amide bonds. The molecule has 8 aromatic carbocycles. The molecule has 2 heterocycles. The predicted octanol–water partition coefficient (Wildman–Crippen LogP) is 17.2. The van der Waals surface area contributed by atoms with Crippen LogP contribution in [0.15, 0.2) is 218 Å². The number of hydrogen-bond donors (Lipinski definition) is 0. The molecule has 71 heavy (non-hydrogen) atoms. The van der Waals surface area contributed by atoms with Gasteiger partial charge < -0.3 is 0 Å². The standard InChI is InChI=1S/C67H54N4/c1-46-16-6-3-2-4-7-23-55(40-46)61-44-62(56-27-24-47-17-8-11-20-52(47)41-56)69-65(68-61)50-30-34-59(35-31-50)67(38-14-5-15-39-67)60-36-32-51(33-37-60)66-70-63(57-28-25-48-18-9-12-21-53(48)42-57)45-64(71-66)58-29-26-49-19-10-13-22-54(49)43-58/h2-4,6-9,11-13,16-18,20-37,40-45H,5,10,14-15,19,38-39H2,1H3. The number of rotatable bonds is 8. The first-order valence-corrected chi connectivity index (χ1v) is 25.2.